The Morgan fingerprint density at radius 1 is 1.16 bits per heavy atom. The number of hydrogen-bond acceptors (Lipinski definition) is 6. The van der Waals surface area contributed by atoms with Gasteiger partial charge in [0.1, 0.15) is 39.4 Å². The fourth-order valence-corrected chi connectivity index (χ4v) is 4.26. The van der Waals surface area contributed by atoms with Crippen molar-refractivity contribution >= 4 is 28.9 Å². The number of halogens is 3. The molecule has 6 nitrogen and oxygen atoms in total. The van der Waals surface area contributed by atoms with Gasteiger partial charge in [0.25, 0.3) is 0 Å². The predicted octanol–water partition coefficient (Wildman–Crippen LogP) is 4.55. The Bertz CT molecular complexity index is 1130. The molecule has 0 saturated heterocycles. The van der Waals surface area contributed by atoms with E-state index in [1.165, 1.54) is 26.4 Å². The Kier molecular flexibility index (Phi) is 5.13. The number of ketones is 2. The predicted molar refractivity (Wildman–Crippen MR) is 109 cm³/mol. The molecule has 1 aliphatic carbocycles. The van der Waals surface area contributed by atoms with Gasteiger partial charge in [-0.15, -0.1) is 0 Å². The van der Waals surface area contributed by atoms with E-state index >= 15 is 0 Å². The largest absolute Gasteiger partial charge is 0.496 e. The van der Waals surface area contributed by atoms with Gasteiger partial charge in [-0.25, -0.2) is 8.78 Å². The van der Waals surface area contributed by atoms with Crippen LogP contribution >= 0.6 is 11.6 Å². The van der Waals surface area contributed by atoms with E-state index in [0.717, 1.165) is 18.2 Å². The van der Waals surface area contributed by atoms with E-state index in [1.807, 2.05) is 0 Å². The molecule has 1 spiro atoms. The van der Waals surface area contributed by atoms with E-state index in [-0.39, 0.29) is 45.6 Å². The first kappa shape index (κ1) is 21.1. The molecule has 0 saturated carbocycles. The van der Waals surface area contributed by atoms with Crippen LogP contribution in [0, 0.1) is 17.6 Å². The van der Waals surface area contributed by atoms with Gasteiger partial charge in [-0.2, -0.15) is 0 Å². The molecule has 162 valence electrons. The first-order chi connectivity index (χ1) is 14.7. The number of methoxy groups -OCH3 is 2. The van der Waals surface area contributed by atoms with Crippen LogP contribution in [0.2, 0.25) is 5.02 Å². The number of hydrogen-bond donors (Lipinski definition) is 1. The molecule has 9 heteroatoms. The quantitative estimate of drug-likeness (QED) is 0.690. The van der Waals surface area contributed by atoms with Crippen LogP contribution in [0.15, 0.2) is 36.0 Å². The van der Waals surface area contributed by atoms with Crippen LogP contribution in [0.4, 0.5) is 14.5 Å². The van der Waals surface area contributed by atoms with E-state index < -0.39 is 34.7 Å². The molecular formula is C22H18ClF2NO5. The molecule has 1 aliphatic heterocycles. The van der Waals surface area contributed by atoms with Gasteiger partial charge in [0.15, 0.2) is 5.75 Å². The summed E-state index contributed by atoms with van der Waals surface area (Å²) >= 11 is 6.34. The number of carbonyl (C=O) groups excluding carboxylic acids is 2. The number of benzene rings is 2. The number of fused-ring (bicyclic) bond motifs is 1. The average Bonchev–Trinajstić information content (AvgIpc) is 3.05. The molecule has 0 fully saturated rings. The van der Waals surface area contributed by atoms with Crippen molar-refractivity contribution in [2.24, 2.45) is 5.92 Å². The van der Waals surface area contributed by atoms with Crippen LogP contribution in [0.5, 0.6) is 17.2 Å². The number of Topliss-reactive ketones (excluding diaryl/α,β-unsaturated/α-hetero) is 1. The standard InChI is InChI=1S/C22H18ClF2NO5/c1-10-7-11(26-19-12(24)5-4-6-13(19)25)8-16(27)22(10)21(28)17-14(29-2)9-15(30-3)18(23)20(17)31-22/h4-6,8-10,26H,7H2,1-3H3. The van der Waals surface area contributed by atoms with Crippen molar-refractivity contribution < 1.29 is 32.6 Å². The molecule has 0 aromatic heterocycles. The molecule has 2 aromatic carbocycles. The summed E-state index contributed by atoms with van der Waals surface area (Å²) in [6.45, 7) is 1.64. The Morgan fingerprint density at radius 2 is 1.81 bits per heavy atom. The molecule has 0 radical (unpaired) electrons. The fourth-order valence-electron chi connectivity index (χ4n) is 3.99. The van der Waals surface area contributed by atoms with Crippen LogP contribution in [0.1, 0.15) is 23.7 Å². The van der Waals surface area contributed by atoms with E-state index in [4.69, 9.17) is 25.8 Å². The number of ether oxygens (including phenoxy) is 3. The zero-order valence-electron chi connectivity index (χ0n) is 16.8. The number of carbonyl (C=O) groups is 2. The zero-order chi connectivity index (χ0) is 22.5. The summed E-state index contributed by atoms with van der Waals surface area (Å²) in [4.78, 5) is 26.6. The highest BCUT2D eigenvalue weighted by molar-refractivity contribution is 6.36. The number of anilines is 1. The Morgan fingerprint density at radius 3 is 2.39 bits per heavy atom. The molecule has 0 bridgehead atoms. The first-order valence-electron chi connectivity index (χ1n) is 9.38. The van der Waals surface area contributed by atoms with Crippen molar-refractivity contribution in [2.45, 2.75) is 18.9 Å². The smallest absolute Gasteiger partial charge is 0.236 e. The lowest BCUT2D eigenvalue weighted by Crippen LogP contribution is -2.55. The normalized spacial score (nSPS) is 22.1. The second-order valence-electron chi connectivity index (χ2n) is 7.33. The summed E-state index contributed by atoms with van der Waals surface area (Å²) in [7, 11) is 2.77. The number of allylic oxidation sites excluding steroid dienone is 1. The van der Waals surface area contributed by atoms with E-state index in [0.29, 0.717) is 0 Å². The number of nitrogens with one attached hydrogen (secondary N) is 1. The van der Waals surface area contributed by atoms with Crippen LogP contribution < -0.4 is 19.5 Å². The first-order valence-corrected chi connectivity index (χ1v) is 9.76. The Labute approximate surface area is 181 Å². The lowest BCUT2D eigenvalue weighted by molar-refractivity contribution is -0.129. The van der Waals surface area contributed by atoms with Gasteiger partial charge in [-0.3, -0.25) is 9.59 Å². The third-order valence-corrected chi connectivity index (χ3v) is 5.92. The topological polar surface area (TPSA) is 73.9 Å². The van der Waals surface area contributed by atoms with Gasteiger partial charge in [0, 0.05) is 23.8 Å². The summed E-state index contributed by atoms with van der Waals surface area (Å²) in [5, 5.41) is 2.67. The summed E-state index contributed by atoms with van der Waals surface area (Å²) in [5.74, 6) is -3.12. The third kappa shape index (κ3) is 3.05. The molecule has 2 aliphatic rings. The highest BCUT2D eigenvalue weighted by Crippen LogP contribution is 2.53. The zero-order valence-corrected chi connectivity index (χ0v) is 17.6. The minimum absolute atomic E-state index is 0.00743. The minimum atomic E-state index is -1.86. The molecule has 2 unspecified atom stereocenters. The van der Waals surface area contributed by atoms with E-state index in [2.05, 4.69) is 5.32 Å². The molecule has 1 heterocycles. The van der Waals surface area contributed by atoms with Crippen LogP contribution in [-0.4, -0.2) is 31.4 Å². The van der Waals surface area contributed by atoms with Crippen molar-refractivity contribution in [1.82, 2.24) is 0 Å². The molecule has 2 atom stereocenters. The lowest BCUT2D eigenvalue weighted by Gasteiger charge is -2.35. The van der Waals surface area contributed by atoms with Crippen molar-refractivity contribution in [3.63, 3.8) is 0 Å². The van der Waals surface area contributed by atoms with Crippen LogP contribution in [0.3, 0.4) is 0 Å². The SMILES string of the molecule is COc1cc(OC)c2c(c1Cl)OC1(C(=O)C=C(Nc3c(F)cccc3F)CC1C)C2=O. The minimum Gasteiger partial charge on any atom is -0.496 e. The van der Waals surface area contributed by atoms with Crippen molar-refractivity contribution in [3.05, 3.63) is 58.3 Å². The highest BCUT2D eigenvalue weighted by Gasteiger charge is 2.60. The van der Waals surface area contributed by atoms with Gasteiger partial charge in [-0.1, -0.05) is 24.6 Å². The number of rotatable bonds is 4. The highest BCUT2D eigenvalue weighted by atomic mass is 35.5. The Hall–Kier alpha value is -3.13. The van der Waals surface area contributed by atoms with E-state index in [9.17, 15) is 18.4 Å². The lowest BCUT2D eigenvalue weighted by atomic mass is 9.74. The molecule has 0 amide bonds. The van der Waals surface area contributed by atoms with Crippen LogP contribution in [-0.2, 0) is 4.79 Å². The van der Waals surface area contributed by atoms with Crippen molar-refractivity contribution in [1.29, 1.82) is 0 Å². The number of para-hydroxylation sites is 1. The Balaban J connectivity index is 1.75. The van der Waals surface area contributed by atoms with E-state index in [1.54, 1.807) is 6.92 Å². The van der Waals surface area contributed by atoms with Crippen molar-refractivity contribution in [2.75, 3.05) is 19.5 Å². The molecule has 4 rings (SSSR count). The maximum atomic E-state index is 14.0. The maximum absolute atomic E-state index is 14.0. The maximum Gasteiger partial charge on any atom is 0.236 e. The summed E-state index contributed by atoms with van der Waals surface area (Å²) in [6.07, 6.45) is 1.25. The summed E-state index contributed by atoms with van der Waals surface area (Å²) in [6, 6.07) is 4.89. The molecule has 2 aromatic rings. The van der Waals surface area contributed by atoms with Gasteiger partial charge in [0.05, 0.1) is 14.2 Å². The summed E-state index contributed by atoms with van der Waals surface area (Å²) < 4.78 is 44.4. The monoisotopic (exact) mass is 449 g/mol. The van der Waals surface area contributed by atoms with Gasteiger partial charge in [0.2, 0.25) is 17.2 Å². The van der Waals surface area contributed by atoms with Gasteiger partial charge in [-0.05, 0) is 18.6 Å². The molecule has 1 N–H and O–H groups in total. The molecular weight excluding hydrogens is 432 g/mol. The van der Waals surface area contributed by atoms with Gasteiger partial charge >= 0.3 is 0 Å². The molecule has 31 heavy (non-hydrogen) atoms. The average molecular weight is 450 g/mol. The third-order valence-electron chi connectivity index (χ3n) is 5.56. The second-order valence-corrected chi connectivity index (χ2v) is 7.70. The van der Waals surface area contributed by atoms with Crippen molar-refractivity contribution in [3.8, 4) is 17.2 Å². The van der Waals surface area contributed by atoms with Crippen LogP contribution in [0.25, 0.3) is 0 Å². The second kappa shape index (κ2) is 7.53. The van der Waals surface area contributed by atoms with Gasteiger partial charge < -0.3 is 19.5 Å². The fraction of sp³-hybridized carbons (Fsp3) is 0.273. The summed E-state index contributed by atoms with van der Waals surface area (Å²) in [5.41, 5.74) is -1.92.